The van der Waals surface area contributed by atoms with Crippen molar-refractivity contribution < 1.29 is 14.3 Å². The van der Waals surface area contributed by atoms with Crippen LogP contribution in [0.3, 0.4) is 0 Å². The van der Waals surface area contributed by atoms with Gasteiger partial charge in [0.1, 0.15) is 5.75 Å². The van der Waals surface area contributed by atoms with E-state index in [9.17, 15) is 9.59 Å². The van der Waals surface area contributed by atoms with Gasteiger partial charge in [0.15, 0.2) is 5.60 Å². The quantitative estimate of drug-likeness (QED) is 0.845. The Morgan fingerprint density at radius 2 is 1.84 bits per heavy atom. The number of ether oxygens (including phenoxy) is 1. The van der Waals surface area contributed by atoms with Crippen molar-refractivity contribution in [3.05, 3.63) is 23.8 Å². The molecule has 1 aromatic rings. The molecule has 0 bridgehead atoms. The molecule has 0 spiro atoms. The van der Waals surface area contributed by atoms with Crippen molar-refractivity contribution >= 4 is 17.5 Å². The van der Waals surface area contributed by atoms with Crippen molar-refractivity contribution in [2.75, 3.05) is 24.5 Å². The van der Waals surface area contributed by atoms with Gasteiger partial charge in [-0.05, 0) is 51.3 Å². The van der Waals surface area contributed by atoms with Gasteiger partial charge in [-0.15, -0.1) is 0 Å². The third kappa shape index (κ3) is 3.80. The van der Waals surface area contributed by atoms with Crippen LogP contribution in [0.2, 0.25) is 0 Å². The number of rotatable bonds is 3. The standard InChI is InChI=1S/C20H28N2O3/c1-15-8-9-17-16(14-15)22(19(24)20(2,3)25-17)13-10-18(23)21-11-6-4-5-7-12-21/h8-9,14H,4-7,10-13H2,1-3H3. The topological polar surface area (TPSA) is 49.9 Å². The number of carbonyl (C=O) groups excluding carboxylic acids is 2. The van der Waals surface area contributed by atoms with Crippen LogP contribution in [0.4, 0.5) is 5.69 Å². The maximum absolute atomic E-state index is 12.8. The van der Waals surface area contributed by atoms with Crippen LogP contribution in [0.1, 0.15) is 51.5 Å². The predicted octanol–water partition coefficient (Wildman–Crippen LogP) is 3.29. The summed E-state index contributed by atoms with van der Waals surface area (Å²) < 4.78 is 5.87. The highest BCUT2D eigenvalue weighted by Gasteiger charge is 2.41. The van der Waals surface area contributed by atoms with Gasteiger partial charge in [0.2, 0.25) is 5.91 Å². The molecule has 1 fully saturated rings. The van der Waals surface area contributed by atoms with Gasteiger partial charge in [0, 0.05) is 26.1 Å². The highest BCUT2D eigenvalue weighted by atomic mass is 16.5. The largest absolute Gasteiger partial charge is 0.476 e. The highest BCUT2D eigenvalue weighted by molar-refractivity contribution is 6.02. The zero-order valence-electron chi connectivity index (χ0n) is 15.5. The molecular weight excluding hydrogens is 316 g/mol. The van der Waals surface area contributed by atoms with Crippen LogP contribution < -0.4 is 9.64 Å². The molecule has 2 aliphatic rings. The van der Waals surface area contributed by atoms with E-state index in [0.717, 1.165) is 37.2 Å². The molecule has 136 valence electrons. The molecule has 25 heavy (non-hydrogen) atoms. The number of amides is 2. The van der Waals surface area contributed by atoms with Gasteiger partial charge in [0.25, 0.3) is 5.91 Å². The summed E-state index contributed by atoms with van der Waals surface area (Å²) in [6.45, 7) is 7.64. The molecule has 5 nitrogen and oxygen atoms in total. The molecule has 0 aromatic heterocycles. The molecule has 0 unspecified atom stereocenters. The van der Waals surface area contributed by atoms with Crippen LogP contribution in [0, 0.1) is 6.92 Å². The van der Waals surface area contributed by atoms with Gasteiger partial charge in [0.05, 0.1) is 5.69 Å². The first-order valence-corrected chi connectivity index (χ1v) is 9.28. The second kappa shape index (κ2) is 7.06. The Morgan fingerprint density at radius 3 is 2.52 bits per heavy atom. The molecule has 0 aliphatic carbocycles. The van der Waals surface area contributed by atoms with E-state index in [2.05, 4.69) is 0 Å². The number of carbonyl (C=O) groups is 2. The Hall–Kier alpha value is -2.04. The summed E-state index contributed by atoms with van der Waals surface area (Å²) in [6, 6.07) is 5.84. The maximum Gasteiger partial charge on any atom is 0.270 e. The van der Waals surface area contributed by atoms with Crippen LogP contribution in [0.15, 0.2) is 18.2 Å². The number of likely N-dealkylation sites (tertiary alicyclic amines) is 1. The molecule has 1 aromatic carbocycles. The first-order valence-electron chi connectivity index (χ1n) is 9.28. The summed E-state index contributed by atoms with van der Waals surface area (Å²) in [5, 5.41) is 0. The average Bonchev–Trinajstić information content (AvgIpc) is 2.85. The van der Waals surface area contributed by atoms with E-state index in [4.69, 9.17) is 4.74 Å². The molecule has 2 heterocycles. The predicted molar refractivity (Wildman–Crippen MR) is 97.9 cm³/mol. The lowest BCUT2D eigenvalue weighted by Crippen LogP contribution is -2.53. The van der Waals surface area contributed by atoms with E-state index < -0.39 is 5.60 Å². The van der Waals surface area contributed by atoms with Gasteiger partial charge in [-0.3, -0.25) is 9.59 Å². The summed E-state index contributed by atoms with van der Waals surface area (Å²) in [5.41, 5.74) is 0.931. The van der Waals surface area contributed by atoms with Crippen molar-refractivity contribution in [2.45, 2.75) is 58.5 Å². The number of hydrogen-bond acceptors (Lipinski definition) is 3. The monoisotopic (exact) mass is 344 g/mol. The zero-order valence-corrected chi connectivity index (χ0v) is 15.5. The Bertz CT molecular complexity index is 661. The molecule has 0 N–H and O–H groups in total. The molecule has 1 saturated heterocycles. The third-order valence-electron chi connectivity index (χ3n) is 5.04. The molecular formula is C20H28N2O3. The fourth-order valence-electron chi connectivity index (χ4n) is 3.59. The van der Waals surface area contributed by atoms with E-state index in [1.54, 1.807) is 18.7 Å². The van der Waals surface area contributed by atoms with Crippen molar-refractivity contribution in [2.24, 2.45) is 0 Å². The van der Waals surface area contributed by atoms with Gasteiger partial charge in [-0.2, -0.15) is 0 Å². The molecule has 2 amide bonds. The van der Waals surface area contributed by atoms with Crippen LogP contribution in [0.5, 0.6) is 5.75 Å². The first-order chi connectivity index (χ1) is 11.9. The lowest BCUT2D eigenvalue weighted by molar-refractivity contribution is -0.133. The van der Waals surface area contributed by atoms with Crippen molar-refractivity contribution in [1.82, 2.24) is 4.90 Å². The number of benzene rings is 1. The Morgan fingerprint density at radius 1 is 1.16 bits per heavy atom. The molecule has 0 atom stereocenters. The minimum Gasteiger partial charge on any atom is -0.476 e. The Labute approximate surface area is 149 Å². The van der Waals surface area contributed by atoms with Crippen LogP contribution in [0.25, 0.3) is 0 Å². The lowest BCUT2D eigenvalue weighted by Gasteiger charge is -2.39. The number of aryl methyl sites for hydroxylation is 1. The van der Waals surface area contributed by atoms with E-state index in [1.807, 2.05) is 30.0 Å². The molecule has 2 aliphatic heterocycles. The molecule has 5 heteroatoms. The average molecular weight is 344 g/mol. The zero-order chi connectivity index (χ0) is 18.0. The SMILES string of the molecule is Cc1ccc2c(c1)N(CCC(=O)N1CCCCCC1)C(=O)C(C)(C)O2. The highest BCUT2D eigenvalue weighted by Crippen LogP contribution is 2.38. The van der Waals surface area contributed by atoms with E-state index in [0.29, 0.717) is 18.7 Å². The number of fused-ring (bicyclic) bond motifs is 1. The van der Waals surface area contributed by atoms with Crippen molar-refractivity contribution in [1.29, 1.82) is 0 Å². The van der Waals surface area contributed by atoms with Crippen molar-refractivity contribution in [3.63, 3.8) is 0 Å². The van der Waals surface area contributed by atoms with Gasteiger partial charge in [-0.1, -0.05) is 18.9 Å². The minimum atomic E-state index is -0.909. The molecule has 3 rings (SSSR count). The molecule has 0 radical (unpaired) electrons. The lowest BCUT2D eigenvalue weighted by atomic mass is 10.0. The Kier molecular flexibility index (Phi) is 5.02. The smallest absolute Gasteiger partial charge is 0.270 e. The maximum atomic E-state index is 12.8. The summed E-state index contributed by atoms with van der Waals surface area (Å²) in [6.07, 6.45) is 4.92. The second-order valence-electron chi connectivity index (χ2n) is 7.59. The summed E-state index contributed by atoms with van der Waals surface area (Å²) in [7, 11) is 0. The summed E-state index contributed by atoms with van der Waals surface area (Å²) in [5.74, 6) is 0.764. The second-order valence-corrected chi connectivity index (χ2v) is 7.59. The minimum absolute atomic E-state index is 0.0886. The summed E-state index contributed by atoms with van der Waals surface area (Å²) >= 11 is 0. The number of hydrogen-bond donors (Lipinski definition) is 0. The van der Waals surface area contributed by atoms with Gasteiger partial charge < -0.3 is 14.5 Å². The normalized spacial score (nSPS) is 19.9. The van der Waals surface area contributed by atoms with E-state index >= 15 is 0 Å². The van der Waals surface area contributed by atoms with Crippen molar-refractivity contribution in [3.8, 4) is 5.75 Å². The Balaban J connectivity index is 1.75. The fraction of sp³-hybridized carbons (Fsp3) is 0.600. The fourth-order valence-corrected chi connectivity index (χ4v) is 3.59. The van der Waals surface area contributed by atoms with Gasteiger partial charge in [-0.25, -0.2) is 0 Å². The molecule has 0 saturated carbocycles. The number of nitrogens with zero attached hydrogens (tertiary/aromatic N) is 2. The van der Waals surface area contributed by atoms with Crippen LogP contribution >= 0.6 is 0 Å². The third-order valence-corrected chi connectivity index (χ3v) is 5.04. The van der Waals surface area contributed by atoms with Gasteiger partial charge >= 0.3 is 0 Å². The van der Waals surface area contributed by atoms with Crippen LogP contribution in [-0.2, 0) is 9.59 Å². The van der Waals surface area contributed by atoms with E-state index in [-0.39, 0.29) is 11.8 Å². The summed E-state index contributed by atoms with van der Waals surface area (Å²) in [4.78, 5) is 29.1. The van der Waals surface area contributed by atoms with E-state index in [1.165, 1.54) is 12.8 Å². The first kappa shape index (κ1) is 17.8. The number of anilines is 1. The van der Waals surface area contributed by atoms with Crippen LogP contribution in [-0.4, -0.2) is 41.9 Å².